The Morgan fingerprint density at radius 2 is 2.05 bits per heavy atom. The van der Waals surface area contributed by atoms with Crippen LogP contribution in [0.1, 0.15) is 20.1 Å². The third-order valence-electron chi connectivity index (χ3n) is 3.02. The molecule has 0 unspecified atom stereocenters. The van der Waals surface area contributed by atoms with Gasteiger partial charge in [-0.25, -0.2) is 4.79 Å². The van der Waals surface area contributed by atoms with Gasteiger partial charge in [0.2, 0.25) is 5.78 Å². The topological polar surface area (TPSA) is 52.2 Å². The summed E-state index contributed by atoms with van der Waals surface area (Å²) >= 11 is 1.46. The third kappa shape index (κ3) is 1.92. The van der Waals surface area contributed by atoms with Gasteiger partial charge in [-0.3, -0.25) is 9.36 Å². The second kappa shape index (κ2) is 4.20. The normalized spacial score (nSPS) is 11.1. The van der Waals surface area contributed by atoms with Gasteiger partial charge in [0.25, 0.3) is 0 Å². The van der Waals surface area contributed by atoms with Crippen LogP contribution in [0.25, 0.3) is 11.1 Å². The number of nitrogens with zero attached hydrogens (tertiary/aromatic N) is 1. The van der Waals surface area contributed by atoms with E-state index in [0.717, 1.165) is 4.88 Å². The first kappa shape index (κ1) is 11.9. The number of carbonyl (C=O) groups excluding carboxylic acids is 1. The molecule has 0 N–H and O–H groups in total. The van der Waals surface area contributed by atoms with Crippen molar-refractivity contribution >= 4 is 28.2 Å². The summed E-state index contributed by atoms with van der Waals surface area (Å²) in [5.41, 5.74) is 1.65. The molecule has 0 saturated carbocycles. The van der Waals surface area contributed by atoms with Crippen molar-refractivity contribution in [3.8, 4) is 0 Å². The van der Waals surface area contributed by atoms with Gasteiger partial charge in [-0.05, 0) is 37.3 Å². The van der Waals surface area contributed by atoms with Gasteiger partial charge in [0.1, 0.15) is 0 Å². The number of fused-ring (bicyclic) bond motifs is 1. The summed E-state index contributed by atoms with van der Waals surface area (Å²) in [6.07, 6.45) is 0. The first-order valence-corrected chi connectivity index (χ1v) is 6.58. The highest BCUT2D eigenvalue weighted by Crippen LogP contribution is 2.21. The second-order valence-corrected chi connectivity index (χ2v) is 5.64. The van der Waals surface area contributed by atoms with Gasteiger partial charge >= 0.3 is 5.76 Å². The largest absolute Gasteiger partial charge is 0.419 e. The van der Waals surface area contributed by atoms with Gasteiger partial charge in [0, 0.05) is 17.5 Å². The molecule has 0 saturated heterocycles. The number of oxazole rings is 1. The highest BCUT2D eigenvalue weighted by Gasteiger charge is 2.14. The lowest BCUT2D eigenvalue weighted by molar-refractivity contribution is 0.104. The van der Waals surface area contributed by atoms with E-state index >= 15 is 0 Å². The molecule has 0 aliphatic carbocycles. The Balaban J connectivity index is 2.11. The smallest absolute Gasteiger partial charge is 0.408 e. The van der Waals surface area contributed by atoms with Gasteiger partial charge < -0.3 is 4.42 Å². The maximum absolute atomic E-state index is 12.3. The van der Waals surface area contributed by atoms with E-state index in [9.17, 15) is 9.59 Å². The molecule has 0 aliphatic rings. The molecule has 3 aromatic rings. The van der Waals surface area contributed by atoms with Crippen LogP contribution in [-0.4, -0.2) is 10.4 Å². The van der Waals surface area contributed by atoms with Crippen LogP contribution in [0.5, 0.6) is 0 Å². The van der Waals surface area contributed by atoms with Crippen LogP contribution in [0, 0.1) is 6.92 Å². The Hall–Kier alpha value is -2.14. The van der Waals surface area contributed by atoms with Crippen LogP contribution in [0.2, 0.25) is 0 Å². The molecule has 3 rings (SSSR count). The summed E-state index contributed by atoms with van der Waals surface area (Å²) in [7, 11) is 1.64. The zero-order valence-corrected chi connectivity index (χ0v) is 11.3. The van der Waals surface area contributed by atoms with Crippen molar-refractivity contribution in [2.45, 2.75) is 6.92 Å². The fourth-order valence-electron chi connectivity index (χ4n) is 1.97. The molecule has 0 aliphatic heterocycles. The molecule has 1 aromatic carbocycles. The van der Waals surface area contributed by atoms with Crippen LogP contribution >= 0.6 is 11.3 Å². The van der Waals surface area contributed by atoms with Crippen LogP contribution < -0.4 is 5.76 Å². The van der Waals surface area contributed by atoms with E-state index in [1.165, 1.54) is 15.9 Å². The molecular formula is C14H11NO3S. The SMILES string of the molecule is Cc1ccc(C(=O)c2ccc3c(c2)oc(=O)n3C)s1. The molecule has 96 valence electrons. The molecule has 0 bridgehead atoms. The van der Waals surface area contributed by atoms with E-state index in [-0.39, 0.29) is 5.78 Å². The summed E-state index contributed by atoms with van der Waals surface area (Å²) < 4.78 is 6.50. The Morgan fingerprint density at radius 3 is 2.74 bits per heavy atom. The highest BCUT2D eigenvalue weighted by atomic mass is 32.1. The van der Waals surface area contributed by atoms with Crippen molar-refractivity contribution < 1.29 is 9.21 Å². The van der Waals surface area contributed by atoms with E-state index < -0.39 is 5.76 Å². The number of aromatic nitrogens is 1. The number of rotatable bonds is 2. The first-order valence-electron chi connectivity index (χ1n) is 5.77. The van der Waals surface area contributed by atoms with E-state index in [1.54, 1.807) is 25.2 Å². The predicted molar refractivity (Wildman–Crippen MR) is 73.9 cm³/mol. The van der Waals surface area contributed by atoms with Crippen LogP contribution in [-0.2, 0) is 7.05 Å². The van der Waals surface area contributed by atoms with E-state index in [0.29, 0.717) is 21.5 Å². The van der Waals surface area contributed by atoms with Gasteiger partial charge in [-0.2, -0.15) is 0 Å². The van der Waals surface area contributed by atoms with Crippen LogP contribution in [0.15, 0.2) is 39.5 Å². The number of aryl methyl sites for hydroxylation is 2. The zero-order chi connectivity index (χ0) is 13.6. The summed E-state index contributed by atoms with van der Waals surface area (Å²) in [5, 5.41) is 0. The maximum Gasteiger partial charge on any atom is 0.419 e. The van der Waals surface area contributed by atoms with Gasteiger partial charge in [-0.15, -0.1) is 11.3 Å². The highest BCUT2D eigenvalue weighted by molar-refractivity contribution is 7.14. The summed E-state index contributed by atoms with van der Waals surface area (Å²) in [6.45, 7) is 1.96. The molecular weight excluding hydrogens is 262 g/mol. The molecule has 0 amide bonds. The molecule has 2 aromatic heterocycles. The average molecular weight is 273 g/mol. The number of hydrogen-bond donors (Lipinski definition) is 0. The van der Waals surface area contributed by atoms with E-state index in [2.05, 4.69) is 0 Å². The zero-order valence-electron chi connectivity index (χ0n) is 10.5. The van der Waals surface area contributed by atoms with Gasteiger partial charge in [0.05, 0.1) is 10.4 Å². The van der Waals surface area contributed by atoms with Crippen molar-refractivity contribution in [2.75, 3.05) is 0 Å². The van der Waals surface area contributed by atoms with Crippen molar-refractivity contribution in [3.05, 3.63) is 56.2 Å². The molecule has 19 heavy (non-hydrogen) atoms. The molecule has 0 atom stereocenters. The average Bonchev–Trinajstić information content (AvgIpc) is 2.94. The van der Waals surface area contributed by atoms with Crippen molar-refractivity contribution in [2.24, 2.45) is 7.05 Å². The van der Waals surface area contributed by atoms with Gasteiger partial charge in [-0.1, -0.05) is 0 Å². The molecule has 2 heterocycles. The third-order valence-corrected chi connectivity index (χ3v) is 4.02. The Bertz CT molecular complexity index is 838. The maximum atomic E-state index is 12.3. The minimum absolute atomic E-state index is 0.0495. The van der Waals surface area contributed by atoms with E-state index in [1.807, 2.05) is 19.1 Å². The first-order chi connectivity index (χ1) is 9.06. The lowest BCUT2D eigenvalue weighted by Gasteiger charge is -1.98. The standard InChI is InChI=1S/C14H11NO3S/c1-8-3-6-12(19-8)13(16)9-4-5-10-11(7-9)18-14(17)15(10)2/h3-7H,1-2H3. The summed E-state index contributed by atoms with van der Waals surface area (Å²) in [6, 6.07) is 8.80. The molecule has 0 radical (unpaired) electrons. The number of ketones is 1. The minimum atomic E-state index is -0.424. The molecule has 0 fully saturated rings. The quantitative estimate of drug-likeness (QED) is 0.675. The van der Waals surface area contributed by atoms with Crippen molar-refractivity contribution in [3.63, 3.8) is 0 Å². The summed E-state index contributed by atoms with van der Waals surface area (Å²) in [5.74, 6) is -0.474. The summed E-state index contributed by atoms with van der Waals surface area (Å²) in [4.78, 5) is 25.5. The number of benzene rings is 1. The van der Waals surface area contributed by atoms with E-state index in [4.69, 9.17) is 4.42 Å². The lowest BCUT2D eigenvalue weighted by Crippen LogP contribution is -2.08. The molecule has 5 heteroatoms. The molecule has 0 spiro atoms. The monoisotopic (exact) mass is 273 g/mol. The fraction of sp³-hybridized carbons (Fsp3) is 0.143. The minimum Gasteiger partial charge on any atom is -0.408 e. The number of carbonyl (C=O) groups is 1. The fourth-order valence-corrected chi connectivity index (χ4v) is 2.80. The van der Waals surface area contributed by atoms with Crippen molar-refractivity contribution in [1.29, 1.82) is 0 Å². The number of thiophene rings is 1. The van der Waals surface area contributed by atoms with Crippen LogP contribution in [0.3, 0.4) is 0 Å². The lowest BCUT2D eigenvalue weighted by atomic mass is 10.1. The van der Waals surface area contributed by atoms with Crippen molar-refractivity contribution in [1.82, 2.24) is 4.57 Å². The predicted octanol–water partition coefficient (Wildman–Crippen LogP) is 2.73. The second-order valence-electron chi connectivity index (χ2n) is 4.35. The Morgan fingerprint density at radius 1 is 1.26 bits per heavy atom. The molecule has 4 nitrogen and oxygen atoms in total. The Labute approximate surface area is 112 Å². The van der Waals surface area contributed by atoms with Crippen LogP contribution in [0.4, 0.5) is 0 Å². The Kier molecular flexibility index (Phi) is 2.64. The number of hydrogen-bond acceptors (Lipinski definition) is 4. The van der Waals surface area contributed by atoms with Gasteiger partial charge in [0.15, 0.2) is 5.58 Å².